The van der Waals surface area contributed by atoms with Gasteiger partial charge in [-0.05, 0) is 36.2 Å². The van der Waals surface area contributed by atoms with Crippen LogP contribution in [0.3, 0.4) is 0 Å². The van der Waals surface area contributed by atoms with Gasteiger partial charge in [-0.2, -0.15) is 18.3 Å². The summed E-state index contributed by atoms with van der Waals surface area (Å²) in [5.41, 5.74) is 8.53. The largest absolute Gasteiger partial charge is 0.573 e. The quantitative estimate of drug-likeness (QED) is 0.481. The normalized spacial score (nSPS) is 17.7. The zero-order chi connectivity index (χ0) is 24.4. The van der Waals surface area contributed by atoms with Crippen LogP contribution in [-0.2, 0) is 4.79 Å². The van der Waals surface area contributed by atoms with E-state index in [1.165, 1.54) is 29.8 Å². The number of hydrogen-bond donors (Lipinski definition) is 3. The van der Waals surface area contributed by atoms with Crippen LogP contribution in [0.15, 0.2) is 48.5 Å². The highest BCUT2D eigenvalue weighted by Crippen LogP contribution is 2.39. The van der Waals surface area contributed by atoms with Crippen LogP contribution in [-0.4, -0.2) is 44.8 Å². The Hall–Kier alpha value is -3.61. The summed E-state index contributed by atoms with van der Waals surface area (Å²) in [6.07, 6.45) is -8.78. The molecule has 4 rings (SSSR count). The van der Waals surface area contributed by atoms with E-state index in [1.807, 2.05) is 24.3 Å². The number of carboxylic acids is 1. The minimum absolute atomic E-state index is 0.252. The Morgan fingerprint density at radius 3 is 1.97 bits per heavy atom. The monoisotopic (exact) mass is 474 g/mol. The highest BCUT2D eigenvalue weighted by atomic mass is 19.4. The standard InChI is InChI=1S/C18H15F3N4O.C2HF3O2/c19-18(20,21)26-13-7-5-12(6-8-13)17-23-16(24-25-17)11-3-1-10(2-4-11)14-9-15(14)22;3-2(4,5)1(6)7/h1-8,14-15H,9,22H2,(H,23,24,25);(H,6,7). The second kappa shape index (κ2) is 9.10. The minimum atomic E-state index is -5.08. The lowest BCUT2D eigenvalue weighted by Crippen LogP contribution is -2.21. The fourth-order valence-electron chi connectivity index (χ4n) is 2.81. The van der Waals surface area contributed by atoms with Crippen molar-refractivity contribution in [1.82, 2.24) is 15.2 Å². The van der Waals surface area contributed by atoms with E-state index in [9.17, 15) is 26.3 Å². The van der Waals surface area contributed by atoms with E-state index in [0.717, 1.165) is 12.0 Å². The van der Waals surface area contributed by atoms with Gasteiger partial charge in [-0.3, -0.25) is 5.10 Å². The number of halogens is 6. The molecule has 3 aromatic rings. The lowest BCUT2D eigenvalue weighted by molar-refractivity contribution is -0.274. The van der Waals surface area contributed by atoms with Crippen LogP contribution in [0.4, 0.5) is 26.3 Å². The van der Waals surface area contributed by atoms with Gasteiger partial charge in [-0.1, -0.05) is 24.3 Å². The van der Waals surface area contributed by atoms with Gasteiger partial charge in [0.25, 0.3) is 0 Å². The van der Waals surface area contributed by atoms with Gasteiger partial charge in [0, 0.05) is 23.1 Å². The SMILES string of the molecule is NC1CC1c1ccc(-c2nc(-c3ccc(OC(F)(F)F)cc3)n[nH]2)cc1.O=C(O)C(F)(F)F. The van der Waals surface area contributed by atoms with E-state index in [0.29, 0.717) is 23.1 Å². The number of aromatic amines is 1. The summed E-state index contributed by atoms with van der Waals surface area (Å²) in [5.74, 6) is -1.63. The molecule has 1 aromatic heterocycles. The molecule has 176 valence electrons. The summed E-state index contributed by atoms with van der Waals surface area (Å²) in [4.78, 5) is 13.3. The number of alkyl halides is 6. The molecule has 1 heterocycles. The Morgan fingerprint density at radius 2 is 1.52 bits per heavy atom. The van der Waals surface area contributed by atoms with Crippen LogP contribution in [0.1, 0.15) is 17.9 Å². The van der Waals surface area contributed by atoms with Gasteiger partial charge in [-0.15, -0.1) is 13.2 Å². The molecule has 1 aliphatic rings. The van der Waals surface area contributed by atoms with E-state index in [1.54, 1.807) is 0 Å². The van der Waals surface area contributed by atoms with Crippen molar-refractivity contribution >= 4 is 5.97 Å². The summed E-state index contributed by atoms with van der Waals surface area (Å²) in [7, 11) is 0. The Labute approximate surface area is 182 Å². The van der Waals surface area contributed by atoms with Crippen molar-refractivity contribution in [3.8, 4) is 28.5 Å². The van der Waals surface area contributed by atoms with Crippen molar-refractivity contribution in [1.29, 1.82) is 0 Å². The predicted octanol–water partition coefficient (Wildman–Crippen LogP) is 4.49. The van der Waals surface area contributed by atoms with E-state index in [4.69, 9.17) is 15.6 Å². The van der Waals surface area contributed by atoms with Crippen LogP contribution in [0.5, 0.6) is 5.75 Å². The van der Waals surface area contributed by atoms with E-state index >= 15 is 0 Å². The van der Waals surface area contributed by atoms with Crippen molar-refractivity contribution in [3.63, 3.8) is 0 Å². The third-order valence-corrected chi connectivity index (χ3v) is 4.53. The number of H-pyrrole nitrogens is 1. The third-order valence-electron chi connectivity index (χ3n) is 4.53. The van der Waals surface area contributed by atoms with Gasteiger partial charge in [0.2, 0.25) is 0 Å². The maximum atomic E-state index is 12.2. The Bertz CT molecular complexity index is 1090. The van der Waals surface area contributed by atoms with Gasteiger partial charge in [0.15, 0.2) is 11.6 Å². The lowest BCUT2D eigenvalue weighted by Gasteiger charge is -2.08. The summed E-state index contributed by atoms with van der Waals surface area (Å²) in [6.45, 7) is 0. The molecule has 4 N–H and O–H groups in total. The van der Waals surface area contributed by atoms with Crippen molar-refractivity contribution in [3.05, 3.63) is 54.1 Å². The smallest absolute Gasteiger partial charge is 0.475 e. The van der Waals surface area contributed by atoms with Crippen LogP contribution in [0.25, 0.3) is 22.8 Å². The molecular formula is C20H16F6N4O3. The molecule has 2 unspecified atom stereocenters. The molecule has 7 nitrogen and oxygen atoms in total. The number of aromatic nitrogens is 3. The van der Waals surface area contributed by atoms with Gasteiger partial charge in [0.1, 0.15) is 5.75 Å². The molecule has 33 heavy (non-hydrogen) atoms. The molecule has 0 bridgehead atoms. The number of carbonyl (C=O) groups is 1. The number of nitrogens with zero attached hydrogens (tertiary/aromatic N) is 2. The Balaban J connectivity index is 0.000000383. The van der Waals surface area contributed by atoms with Crippen LogP contribution in [0.2, 0.25) is 0 Å². The zero-order valence-electron chi connectivity index (χ0n) is 16.5. The van der Waals surface area contributed by atoms with E-state index in [2.05, 4.69) is 19.9 Å². The first-order valence-corrected chi connectivity index (χ1v) is 9.28. The molecule has 0 spiro atoms. The highest BCUT2D eigenvalue weighted by molar-refractivity contribution is 5.73. The van der Waals surface area contributed by atoms with Crippen LogP contribution in [0, 0.1) is 0 Å². The van der Waals surface area contributed by atoms with Gasteiger partial charge in [-0.25, -0.2) is 9.78 Å². The van der Waals surface area contributed by atoms with E-state index < -0.39 is 18.5 Å². The topological polar surface area (TPSA) is 114 Å². The number of benzene rings is 2. The molecule has 2 aromatic carbocycles. The van der Waals surface area contributed by atoms with Gasteiger partial charge < -0.3 is 15.6 Å². The first kappa shape index (κ1) is 24.0. The van der Waals surface area contributed by atoms with Crippen molar-refractivity contribution in [2.24, 2.45) is 5.73 Å². The molecular weight excluding hydrogens is 458 g/mol. The molecule has 1 fully saturated rings. The number of nitrogens with two attached hydrogens (primary N) is 1. The molecule has 0 aliphatic heterocycles. The number of carboxylic acid groups (broad SMARTS) is 1. The number of aliphatic carboxylic acids is 1. The van der Waals surface area contributed by atoms with Gasteiger partial charge in [0.05, 0.1) is 0 Å². The zero-order valence-corrected chi connectivity index (χ0v) is 16.5. The summed E-state index contributed by atoms with van der Waals surface area (Å²) >= 11 is 0. The fourth-order valence-corrected chi connectivity index (χ4v) is 2.81. The molecule has 1 aliphatic carbocycles. The Kier molecular flexibility index (Phi) is 6.63. The third kappa shape index (κ3) is 6.68. The molecule has 0 radical (unpaired) electrons. The van der Waals surface area contributed by atoms with Crippen LogP contribution >= 0.6 is 0 Å². The van der Waals surface area contributed by atoms with Crippen LogP contribution < -0.4 is 10.5 Å². The highest BCUT2D eigenvalue weighted by Gasteiger charge is 2.38. The second-order valence-electron chi connectivity index (χ2n) is 7.01. The average molecular weight is 474 g/mol. The molecule has 1 saturated carbocycles. The average Bonchev–Trinajstić information content (AvgIpc) is 3.25. The minimum Gasteiger partial charge on any atom is -0.475 e. The van der Waals surface area contributed by atoms with Gasteiger partial charge >= 0.3 is 18.5 Å². The predicted molar refractivity (Wildman–Crippen MR) is 103 cm³/mol. The van der Waals surface area contributed by atoms with Crippen molar-refractivity contribution in [2.75, 3.05) is 0 Å². The summed E-state index contributed by atoms with van der Waals surface area (Å²) < 4.78 is 72.2. The second-order valence-corrected chi connectivity index (χ2v) is 7.01. The van der Waals surface area contributed by atoms with Crippen molar-refractivity contribution in [2.45, 2.75) is 30.9 Å². The number of hydrogen-bond acceptors (Lipinski definition) is 5. The van der Waals surface area contributed by atoms with Crippen molar-refractivity contribution < 1.29 is 41.0 Å². The molecule has 2 atom stereocenters. The summed E-state index contributed by atoms with van der Waals surface area (Å²) in [6, 6.07) is 13.6. The maximum Gasteiger partial charge on any atom is 0.573 e. The fraction of sp³-hybridized carbons (Fsp3) is 0.250. The molecule has 13 heteroatoms. The number of ether oxygens (including phenoxy) is 1. The maximum absolute atomic E-state index is 12.2. The Morgan fingerprint density at radius 1 is 1.00 bits per heavy atom. The number of nitrogens with one attached hydrogen (secondary N) is 1. The van der Waals surface area contributed by atoms with E-state index in [-0.39, 0.29) is 11.8 Å². The lowest BCUT2D eigenvalue weighted by atomic mass is 10.1. The molecule has 0 saturated heterocycles. The first-order valence-electron chi connectivity index (χ1n) is 9.28. The first-order chi connectivity index (χ1) is 15.3. The number of rotatable bonds is 4. The summed E-state index contributed by atoms with van der Waals surface area (Å²) in [5, 5.41) is 14.1. The molecule has 0 amide bonds.